The third-order valence-corrected chi connectivity index (χ3v) is 3.24. The van der Waals surface area contributed by atoms with E-state index in [4.69, 9.17) is 0 Å². The minimum absolute atomic E-state index is 0.0846. The van der Waals surface area contributed by atoms with E-state index in [-0.39, 0.29) is 6.54 Å². The standard InChI is InChI=1S/C14H10FN5O4/c15-9-2-1-3-11(6-9)19-5-4-10(17-19)7-18-8-12(20(23)24)13(21)16-14(18)22/h1-6,8H,7H2,(H,16,21,22). The summed E-state index contributed by atoms with van der Waals surface area (Å²) in [6.45, 7) is -0.0846. The van der Waals surface area contributed by atoms with E-state index in [1.54, 1.807) is 18.3 Å². The van der Waals surface area contributed by atoms with Gasteiger partial charge in [0, 0.05) is 6.20 Å². The first-order valence-corrected chi connectivity index (χ1v) is 6.73. The summed E-state index contributed by atoms with van der Waals surface area (Å²) < 4.78 is 15.6. The topological polar surface area (TPSA) is 116 Å². The Balaban J connectivity index is 1.93. The fourth-order valence-corrected chi connectivity index (χ4v) is 2.13. The van der Waals surface area contributed by atoms with Crippen LogP contribution in [0.3, 0.4) is 0 Å². The number of nitro groups is 1. The first kappa shape index (κ1) is 15.3. The summed E-state index contributed by atoms with van der Waals surface area (Å²) in [5, 5.41) is 15.0. The number of hydrogen-bond donors (Lipinski definition) is 1. The number of aromatic nitrogens is 4. The van der Waals surface area contributed by atoms with E-state index in [9.17, 15) is 24.1 Å². The van der Waals surface area contributed by atoms with E-state index in [1.807, 2.05) is 4.98 Å². The molecule has 0 aliphatic carbocycles. The Hall–Kier alpha value is -3.56. The lowest BCUT2D eigenvalue weighted by atomic mass is 10.3. The Morgan fingerprint density at radius 2 is 2.08 bits per heavy atom. The molecule has 0 spiro atoms. The van der Waals surface area contributed by atoms with Crippen molar-refractivity contribution in [2.24, 2.45) is 0 Å². The van der Waals surface area contributed by atoms with Crippen LogP contribution in [0.15, 0.2) is 52.3 Å². The maximum Gasteiger partial charge on any atom is 0.350 e. The summed E-state index contributed by atoms with van der Waals surface area (Å²) in [7, 11) is 0. The van der Waals surface area contributed by atoms with Crippen molar-refractivity contribution in [3.05, 3.63) is 85.2 Å². The van der Waals surface area contributed by atoms with E-state index in [0.717, 1.165) is 10.8 Å². The van der Waals surface area contributed by atoms with Gasteiger partial charge in [-0.25, -0.2) is 13.9 Å². The van der Waals surface area contributed by atoms with Crippen molar-refractivity contribution in [3.63, 3.8) is 0 Å². The number of aromatic amines is 1. The lowest BCUT2D eigenvalue weighted by Crippen LogP contribution is -2.31. The van der Waals surface area contributed by atoms with Crippen molar-refractivity contribution in [2.45, 2.75) is 6.54 Å². The first-order chi connectivity index (χ1) is 11.4. The third-order valence-electron chi connectivity index (χ3n) is 3.24. The highest BCUT2D eigenvalue weighted by molar-refractivity contribution is 5.31. The van der Waals surface area contributed by atoms with E-state index in [0.29, 0.717) is 11.4 Å². The number of H-pyrrole nitrogens is 1. The second-order valence-corrected chi connectivity index (χ2v) is 4.89. The summed E-state index contributed by atoms with van der Waals surface area (Å²) in [4.78, 5) is 34.9. The van der Waals surface area contributed by atoms with Gasteiger partial charge in [0.1, 0.15) is 5.82 Å². The number of hydrogen-bond acceptors (Lipinski definition) is 5. The molecule has 2 heterocycles. The second-order valence-electron chi connectivity index (χ2n) is 4.89. The van der Waals surface area contributed by atoms with Crippen molar-refractivity contribution < 1.29 is 9.31 Å². The van der Waals surface area contributed by atoms with Gasteiger partial charge in [-0.05, 0) is 24.3 Å². The molecule has 9 nitrogen and oxygen atoms in total. The molecule has 0 fully saturated rings. The Kier molecular flexibility index (Phi) is 3.78. The van der Waals surface area contributed by atoms with Crippen molar-refractivity contribution in [2.75, 3.05) is 0 Å². The Morgan fingerprint density at radius 3 is 2.79 bits per heavy atom. The predicted octanol–water partition coefficient (Wildman–Crippen LogP) is 0.818. The molecule has 0 radical (unpaired) electrons. The molecule has 0 aliphatic rings. The van der Waals surface area contributed by atoms with Crippen LogP contribution in [0.1, 0.15) is 5.69 Å². The third kappa shape index (κ3) is 2.97. The molecule has 0 unspecified atom stereocenters. The predicted molar refractivity (Wildman–Crippen MR) is 80.6 cm³/mol. The van der Waals surface area contributed by atoms with Crippen LogP contribution in [0.2, 0.25) is 0 Å². The zero-order chi connectivity index (χ0) is 17.3. The van der Waals surface area contributed by atoms with Crippen LogP contribution in [0.5, 0.6) is 0 Å². The highest BCUT2D eigenvalue weighted by atomic mass is 19.1. The fraction of sp³-hybridized carbons (Fsp3) is 0.0714. The molecule has 0 saturated carbocycles. The second kappa shape index (κ2) is 5.91. The zero-order valence-corrected chi connectivity index (χ0v) is 12.0. The molecule has 3 rings (SSSR count). The van der Waals surface area contributed by atoms with Gasteiger partial charge in [0.25, 0.3) is 0 Å². The zero-order valence-electron chi connectivity index (χ0n) is 12.0. The number of nitrogens with one attached hydrogen (secondary N) is 1. The van der Waals surface area contributed by atoms with Gasteiger partial charge in [0.15, 0.2) is 0 Å². The summed E-state index contributed by atoms with van der Waals surface area (Å²) >= 11 is 0. The summed E-state index contributed by atoms with van der Waals surface area (Å²) in [5.74, 6) is -0.419. The monoisotopic (exact) mass is 331 g/mol. The van der Waals surface area contributed by atoms with E-state index < -0.39 is 27.7 Å². The summed E-state index contributed by atoms with van der Waals surface area (Å²) in [5.41, 5.74) is -1.69. The van der Waals surface area contributed by atoms with Gasteiger partial charge in [0.2, 0.25) is 0 Å². The van der Waals surface area contributed by atoms with Gasteiger partial charge in [-0.1, -0.05) is 6.07 Å². The minimum Gasteiger partial charge on any atom is -0.288 e. The lowest BCUT2D eigenvalue weighted by molar-refractivity contribution is -0.386. The highest BCUT2D eigenvalue weighted by Crippen LogP contribution is 2.10. The van der Waals surface area contributed by atoms with Gasteiger partial charge in [-0.15, -0.1) is 0 Å². The van der Waals surface area contributed by atoms with Gasteiger partial charge >= 0.3 is 16.9 Å². The van der Waals surface area contributed by atoms with E-state index >= 15 is 0 Å². The van der Waals surface area contributed by atoms with E-state index in [1.165, 1.54) is 22.9 Å². The van der Waals surface area contributed by atoms with Crippen LogP contribution in [-0.4, -0.2) is 24.3 Å². The summed E-state index contributed by atoms with van der Waals surface area (Å²) in [6.07, 6.45) is 2.43. The van der Waals surface area contributed by atoms with Gasteiger partial charge in [-0.3, -0.25) is 24.5 Å². The Bertz CT molecular complexity index is 1040. The fourth-order valence-electron chi connectivity index (χ4n) is 2.13. The van der Waals surface area contributed by atoms with Gasteiger partial charge < -0.3 is 0 Å². The van der Waals surface area contributed by atoms with Crippen LogP contribution < -0.4 is 11.2 Å². The molecule has 0 saturated heterocycles. The molecule has 1 N–H and O–H groups in total. The van der Waals surface area contributed by atoms with Crippen molar-refractivity contribution >= 4 is 5.69 Å². The molecule has 0 bridgehead atoms. The maximum atomic E-state index is 13.2. The van der Waals surface area contributed by atoms with Crippen LogP contribution in [0.25, 0.3) is 5.69 Å². The average Bonchev–Trinajstić information content (AvgIpc) is 2.98. The minimum atomic E-state index is -1.06. The van der Waals surface area contributed by atoms with Crippen LogP contribution in [-0.2, 0) is 6.54 Å². The first-order valence-electron chi connectivity index (χ1n) is 6.73. The average molecular weight is 331 g/mol. The van der Waals surface area contributed by atoms with Gasteiger partial charge in [-0.2, -0.15) is 5.10 Å². The number of benzene rings is 1. The van der Waals surface area contributed by atoms with E-state index in [2.05, 4.69) is 5.10 Å². The quantitative estimate of drug-likeness (QED) is 0.561. The smallest absolute Gasteiger partial charge is 0.288 e. The van der Waals surface area contributed by atoms with Crippen molar-refractivity contribution in [3.8, 4) is 5.69 Å². The molecule has 0 atom stereocenters. The maximum absolute atomic E-state index is 13.2. The van der Waals surface area contributed by atoms with Crippen molar-refractivity contribution in [1.82, 2.24) is 19.3 Å². The normalized spacial score (nSPS) is 10.7. The van der Waals surface area contributed by atoms with Crippen LogP contribution >= 0.6 is 0 Å². The molecular weight excluding hydrogens is 321 g/mol. The largest absolute Gasteiger partial charge is 0.350 e. The Morgan fingerprint density at radius 1 is 1.29 bits per heavy atom. The molecule has 24 heavy (non-hydrogen) atoms. The Labute approximate surface area is 132 Å². The van der Waals surface area contributed by atoms with Crippen LogP contribution in [0.4, 0.5) is 10.1 Å². The molecule has 10 heteroatoms. The number of nitrogens with zero attached hydrogens (tertiary/aromatic N) is 4. The lowest BCUT2D eigenvalue weighted by Gasteiger charge is -2.03. The summed E-state index contributed by atoms with van der Waals surface area (Å²) in [6, 6.07) is 7.34. The number of halogens is 1. The van der Waals surface area contributed by atoms with Crippen molar-refractivity contribution in [1.29, 1.82) is 0 Å². The van der Waals surface area contributed by atoms with Gasteiger partial charge in [0.05, 0.1) is 29.0 Å². The van der Waals surface area contributed by atoms with Crippen LogP contribution in [0, 0.1) is 15.9 Å². The molecular formula is C14H10FN5O4. The molecule has 1 aromatic carbocycles. The molecule has 2 aromatic heterocycles. The molecule has 122 valence electrons. The molecule has 3 aromatic rings. The number of rotatable bonds is 4. The molecule has 0 aliphatic heterocycles. The highest BCUT2D eigenvalue weighted by Gasteiger charge is 2.15. The molecule has 0 amide bonds. The SMILES string of the molecule is O=c1[nH]c(=O)n(Cc2ccn(-c3cccc(F)c3)n2)cc1[N+](=O)[O-].